The second-order valence-corrected chi connectivity index (χ2v) is 7.30. The van der Waals surface area contributed by atoms with Gasteiger partial charge in [0.05, 0.1) is 11.9 Å². The van der Waals surface area contributed by atoms with Crippen molar-refractivity contribution >= 4 is 27.3 Å². The zero-order chi connectivity index (χ0) is 17.2. The molecule has 2 rings (SSSR count). The largest absolute Gasteiger partial charge is 0.322 e. The molecule has 0 fully saturated rings. The first-order chi connectivity index (χ1) is 10.7. The van der Waals surface area contributed by atoms with Crippen LogP contribution in [-0.2, 0) is 10.0 Å². The van der Waals surface area contributed by atoms with Gasteiger partial charge in [-0.15, -0.1) is 0 Å². The molecule has 23 heavy (non-hydrogen) atoms. The van der Waals surface area contributed by atoms with Crippen LogP contribution >= 0.6 is 0 Å². The van der Waals surface area contributed by atoms with Gasteiger partial charge in [0, 0.05) is 11.3 Å². The molecule has 2 aromatic rings. The van der Waals surface area contributed by atoms with Gasteiger partial charge in [0.2, 0.25) is 10.0 Å². The molecule has 6 heteroatoms. The number of hydrogen-bond acceptors (Lipinski definition) is 3. The lowest BCUT2D eigenvalue weighted by Gasteiger charge is -2.14. The van der Waals surface area contributed by atoms with Crippen LogP contribution in [0.1, 0.15) is 27.0 Å². The van der Waals surface area contributed by atoms with E-state index >= 15 is 0 Å². The Balaban J connectivity index is 2.33. The van der Waals surface area contributed by atoms with Crippen LogP contribution in [0, 0.1) is 20.8 Å². The quantitative estimate of drug-likeness (QED) is 0.902. The van der Waals surface area contributed by atoms with Crippen molar-refractivity contribution in [2.75, 3.05) is 16.3 Å². The van der Waals surface area contributed by atoms with E-state index in [1.54, 1.807) is 25.1 Å². The third kappa shape index (κ3) is 4.10. The third-order valence-corrected chi connectivity index (χ3v) is 4.32. The van der Waals surface area contributed by atoms with E-state index in [1.807, 2.05) is 32.0 Å². The van der Waals surface area contributed by atoms with Gasteiger partial charge in [0.25, 0.3) is 5.91 Å². The predicted octanol–water partition coefficient (Wildman–Crippen LogP) is 3.24. The van der Waals surface area contributed by atoms with Crippen LogP contribution in [0.2, 0.25) is 0 Å². The van der Waals surface area contributed by atoms with E-state index in [4.69, 9.17) is 0 Å². The lowest BCUT2D eigenvalue weighted by Crippen LogP contribution is -2.16. The van der Waals surface area contributed by atoms with Crippen molar-refractivity contribution < 1.29 is 13.2 Å². The van der Waals surface area contributed by atoms with Crippen LogP contribution in [0.5, 0.6) is 0 Å². The molecule has 5 nitrogen and oxygen atoms in total. The summed E-state index contributed by atoms with van der Waals surface area (Å²) in [7, 11) is -3.40. The Bertz CT molecular complexity index is 858. The normalized spacial score (nSPS) is 11.1. The zero-order valence-electron chi connectivity index (χ0n) is 13.6. The summed E-state index contributed by atoms with van der Waals surface area (Å²) in [4.78, 5) is 12.5. The molecule has 2 N–H and O–H groups in total. The summed E-state index contributed by atoms with van der Waals surface area (Å²) >= 11 is 0. The van der Waals surface area contributed by atoms with E-state index < -0.39 is 10.0 Å². The van der Waals surface area contributed by atoms with Gasteiger partial charge in [-0.05, 0) is 55.7 Å². The summed E-state index contributed by atoms with van der Waals surface area (Å²) in [6, 6.07) is 10.7. The van der Waals surface area contributed by atoms with Crippen molar-refractivity contribution in [3.05, 3.63) is 58.7 Å². The smallest absolute Gasteiger partial charge is 0.256 e. The Kier molecular flexibility index (Phi) is 4.75. The molecule has 0 radical (unpaired) electrons. The topological polar surface area (TPSA) is 75.3 Å². The van der Waals surface area contributed by atoms with Crippen LogP contribution in [0.3, 0.4) is 0 Å². The Hall–Kier alpha value is -2.34. The van der Waals surface area contributed by atoms with Gasteiger partial charge in [-0.3, -0.25) is 9.52 Å². The van der Waals surface area contributed by atoms with Crippen molar-refractivity contribution in [1.29, 1.82) is 0 Å². The number of aryl methyl sites for hydroxylation is 1. The average Bonchev–Trinajstić information content (AvgIpc) is 2.44. The molecule has 0 aromatic heterocycles. The van der Waals surface area contributed by atoms with Gasteiger partial charge in [0.15, 0.2) is 0 Å². The fraction of sp³-hybridized carbons (Fsp3) is 0.235. The molecule has 0 aliphatic carbocycles. The maximum absolute atomic E-state index is 12.5. The minimum absolute atomic E-state index is 0.270. The lowest BCUT2D eigenvalue weighted by atomic mass is 10.0. The standard InChI is InChI=1S/C17H20N2O3S/c1-11-7-5-9-15(12(11)2)18-17(20)14-8-6-10-16(13(14)3)19-23(4,21)22/h5-10,19H,1-4H3,(H,18,20). The molecule has 0 heterocycles. The molecule has 0 saturated heterocycles. The highest BCUT2D eigenvalue weighted by Gasteiger charge is 2.14. The van der Waals surface area contributed by atoms with E-state index in [1.165, 1.54) is 0 Å². The summed E-state index contributed by atoms with van der Waals surface area (Å²) < 4.78 is 25.2. The number of carbonyl (C=O) groups is 1. The number of carbonyl (C=O) groups excluding carboxylic acids is 1. The molecule has 0 atom stereocenters. The van der Waals surface area contributed by atoms with E-state index in [9.17, 15) is 13.2 Å². The van der Waals surface area contributed by atoms with Crippen LogP contribution in [0.15, 0.2) is 36.4 Å². The van der Waals surface area contributed by atoms with Crippen LogP contribution in [0.25, 0.3) is 0 Å². The fourth-order valence-electron chi connectivity index (χ4n) is 2.27. The molecule has 0 bridgehead atoms. The number of sulfonamides is 1. The van der Waals surface area contributed by atoms with Gasteiger partial charge in [-0.1, -0.05) is 18.2 Å². The van der Waals surface area contributed by atoms with Gasteiger partial charge in [-0.2, -0.15) is 0 Å². The predicted molar refractivity (Wildman–Crippen MR) is 93.5 cm³/mol. The molecule has 122 valence electrons. The Morgan fingerprint density at radius 1 is 0.913 bits per heavy atom. The Morgan fingerprint density at radius 3 is 2.17 bits per heavy atom. The molecule has 1 amide bonds. The van der Waals surface area contributed by atoms with Crippen LogP contribution in [0.4, 0.5) is 11.4 Å². The molecule has 2 aromatic carbocycles. The summed E-state index contributed by atoms with van der Waals surface area (Å²) in [6.45, 7) is 5.64. The van der Waals surface area contributed by atoms with Crippen molar-refractivity contribution in [3.8, 4) is 0 Å². The van der Waals surface area contributed by atoms with Gasteiger partial charge in [-0.25, -0.2) is 8.42 Å². The van der Waals surface area contributed by atoms with E-state index in [0.717, 1.165) is 23.1 Å². The maximum Gasteiger partial charge on any atom is 0.256 e. The number of benzene rings is 2. The van der Waals surface area contributed by atoms with E-state index in [0.29, 0.717) is 16.8 Å². The number of anilines is 2. The first-order valence-corrected chi connectivity index (χ1v) is 9.03. The number of rotatable bonds is 4. The highest BCUT2D eigenvalue weighted by atomic mass is 32.2. The molecular weight excluding hydrogens is 312 g/mol. The fourth-order valence-corrected chi connectivity index (χ4v) is 2.89. The van der Waals surface area contributed by atoms with E-state index in [-0.39, 0.29) is 5.91 Å². The average molecular weight is 332 g/mol. The van der Waals surface area contributed by atoms with Gasteiger partial charge < -0.3 is 5.32 Å². The number of hydrogen-bond donors (Lipinski definition) is 2. The highest BCUT2D eigenvalue weighted by Crippen LogP contribution is 2.23. The molecule has 0 saturated carbocycles. The van der Waals surface area contributed by atoms with Crippen molar-refractivity contribution in [3.63, 3.8) is 0 Å². The zero-order valence-corrected chi connectivity index (χ0v) is 14.4. The summed E-state index contributed by atoms with van der Waals surface area (Å²) in [6.07, 6.45) is 1.08. The van der Waals surface area contributed by atoms with Gasteiger partial charge in [0.1, 0.15) is 0 Å². The monoisotopic (exact) mass is 332 g/mol. The summed E-state index contributed by atoms with van der Waals surface area (Å²) in [5.41, 5.74) is 4.26. The van der Waals surface area contributed by atoms with Gasteiger partial charge >= 0.3 is 0 Å². The molecule has 0 spiro atoms. The van der Waals surface area contributed by atoms with Crippen LogP contribution < -0.4 is 10.0 Å². The van der Waals surface area contributed by atoms with Crippen molar-refractivity contribution in [1.82, 2.24) is 0 Å². The SMILES string of the molecule is Cc1cccc(NC(=O)c2cccc(NS(C)(=O)=O)c2C)c1C. The first-order valence-electron chi connectivity index (χ1n) is 7.14. The summed E-state index contributed by atoms with van der Waals surface area (Å²) in [5, 5.41) is 2.88. The second kappa shape index (κ2) is 6.42. The Labute approximate surface area is 136 Å². The van der Waals surface area contributed by atoms with Crippen molar-refractivity contribution in [2.24, 2.45) is 0 Å². The number of amides is 1. The highest BCUT2D eigenvalue weighted by molar-refractivity contribution is 7.92. The summed E-state index contributed by atoms with van der Waals surface area (Å²) in [5.74, 6) is -0.270. The lowest BCUT2D eigenvalue weighted by molar-refractivity contribution is 0.102. The maximum atomic E-state index is 12.5. The minimum Gasteiger partial charge on any atom is -0.322 e. The molecule has 0 aliphatic heterocycles. The molecular formula is C17H20N2O3S. The van der Waals surface area contributed by atoms with Crippen molar-refractivity contribution in [2.45, 2.75) is 20.8 Å². The second-order valence-electron chi connectivity index (χ2n) is 5.55. The minimum atomic E-state index is -3.40. The molecule has 0 unspecified atom stereocenters. The third-order valence-electron chi connectivity index (χ3n) is 3.73. The molecule has 0 aliphatic rings. The Morgan fingerprint density at radius 2 is 1.52 bits per heavy atom. The number of nitrogens with one attached hydrogen (secondary N) is 2. The van der Waals surface area contributed by atoms with E-state index in [2.05, 4.69) is 10.0 Å². The first kappa shape index (κ1) is 17.0. The van der Waals surface area contributed by atoms with Crippen LogP contribution in [-0.4, -0.2) is 20.6 Å².